The van der Waals surface area contributed by atoms with Gasteiger partial charge in [0, 0.05) is 12.2 Å². The van der Waals surface area contributed by atoms with Crippen molar-refractivity contribution in [3.63, 3.8) is 0 Å². The van der Waals surface area contributed by atoms with Crippen LogP contribution in [0.3, 0.4) is 0 Å². The molecule has 0 spiro atoms. The van der Waals surface area contributed by atoms with Crippen molar-refractivity contribution in [3.8, 4) is 0 Å². The van der Waals surface area contributed by atoms with Crippen LogP contribution in [-0.4, -0.2) is 26.1 Å². The zero-order valence-electron chi connectivity index (χ0n) is 13.6. The molecule has 0 fully saturated rings. The molecule has 1 amide bonds. The van der Waals surface area contributed by atoms with E-state index in [1.54, 1.807) is 0 Å². The molecule has 3 N–H and O–H groups in total. The van der Waals surface area contributed by atoms with E-state index in [-0.39, 0.29) is 12.4 Å². The fraction of sp³-hybridized carbons (Fsp3) is 0.562. The lowest BCUT2D eigenvalue weighted by Gasteiger charge is -2.23. The average Bonchev–Trinajstić information content (AvgIpc) is 2.37. The number of anilines is 1. The molecule has 0 aliphatic carbocycles. The number of nitrogens with two attached hydrogens (primary N) is 1. The molecule has 0 aliphatic rings. The summed E-state index contributed by atoms with van der Waals surface area (Å²) in [5.74, 6) is -0.354. The van der Waals surface area contributed by atoms with E-state index in [4.69, 9.17) is 18.3 Å². The highest BCUT2D eigenvalue weighted by Crippen LogP contribution is 2.27. The predicted molar refractivity (Wildman–Crippen MR) is 87.7 cm³/mol. The van der Waals surface area contributed by atoms with Gasteiger partial charge in [0.1, 0.15) is 5.60 Å². The van der Waals surface area contributed by atoms with Crippen LogP contribution in [0.2, 0.25) is 0 Å². The highest BCUT2D eigenvalue weighted by Gasteiger charge is 2.18. The number of carbonyl (C=O) groups is 1. The third kappa shape index (κ3) is 4.99. The monoisotopic (exact) mass is 288 g/mol. The zero-order valence-corrected chi connectivity index (χ0v) is 13.6. The van der Waals surface area contributed by atoms with Crippen LogP contribution >= 0.6 is 0 Å². The number of alkyl carbamates (subject to hydrolysis) is 1. The van der Waals surface area contributed by atoms with E-state index in [0.717, 1.165) is 23.1 Å². The number of amides is 1. The Morgan fingerprint density at radius 1 is 1.43 bits per heavy atom. The highest BCUT2D eigenvalue weighted by molar-refractivity contribution is 6.13. The Morgan fingerprint density at radius 2 is 2.05 bits per heavy atom. The Labute approximate surface area is 128 Å². The van der Waals surface area contributed by atoms with Gasteiger partial charge < -0.3 is 15.8 Å². The number of aryl methyl sites for hydroxylation is 2. The van der Waals surface area contributed by atoms with E-state index in [1.807, 2.05) is 39.8 Å². The summed E-state index contributed by atoms with van der Waals surface area (Å²) in [5, 5.41) is 2.69. The first-order valence-corrected chi connectivity index (χ1v) is 7.26. The maximum absolute atomic E-state index is 11.7. The normalized spacial score (nSPS) is 12.8. The van der Waals surface area contributed by atoms with Crippen molar-refractivity contribution in [2.45, 2.75) is 52.5 Å². The van der Waals surface area contributed by atoms with Crippen molar-refractivity contribution in [1.29, 1.82) is 0 Å². The number of nitrogen functional groups attached to an aromatic ring is 1. The molecule has 0 saturated heterocycles. The van der Waals surface area contributed by atoms with Crippen molar-refractivity contribution < 1.29 is 9.53 Å². The molecule has 4 nitrogen and oxygen atoms in total. The molecule has 1 atom stereocenters. The minimum atomic E-state index is -0.523. The molecule has 2 radical (unpaired) electrons. The van der Waals surface area contributed by atoms with Gasteiger partial charge in [-0.05, 0) is 56.6 Å². The first-order chi connectivity index (χ1) is 9.65. The first kappa shape index (κ1) is 17.4. The molecule has 21 heavy (non-hydrogen) atoms. The smallest absolute Gasteiger partial charge is 0.407 e. The van der Waals surface area contributed by atoms with Crippen molar-refractivity contribution in [2.24, 2.45) is 0 Å². The van der Waals surface area contributed by atoms with Gasteiger partial charge in [-0.1, -0.05) is 19.1 Å². The second kappa shape index (κ2) is 6.88. The SMILES string of the molecule is [B]C(CNC(=O)OC(C)(C)C)c1c(CC)ccc(C)c1N. The van der Waals surface area contributed by atoms with Gasteiger partial charge in [-0.15, -0.1) is 0 Å². The summed E-state index contributed by atoms with van der Waals surface area (Å²) >= 11 is 0. The molecular formula is C16H25BN2O2. The van der Waals surface area contributed by atoms with E-state index in [2.05, 4.69) is 12.2 Å². The van der Waals surface area contributed by atoms with E-state index in [1.165, 1.54) is 0 Å². The van der Waals surface area contributed by atoms with Crippen LogP contribution in [0.15, 0.2) is 12.1 Å². The number of hydrogen-bond donors (Lipinski definition) is 2. The van der Waals surface area contributed by atoms with Gasteiger partial charge in [-0.2, -0.15) is 0 Å². The minimum Gasteiger partial charge on any atom is -0.444 e. The lowest BCUT2D eigenvalue weighted by atomic mass is 9.77. The molecule has 1 aromatic carbocycles. The van der Waals surface area contributed by atoms with Crippen LogP contribution in [0.1, 0.15) is 50.2 Å². The Bertz CT molecular complexity index is 510. The van der Waals surface area contributed by atoms with Crippen molar-refractivity contribution >= 4 is 19.6 Å². The van der Waals surface area contributed by atoms with Gasteiger partial charge in [0.2, 0.25) is 0 Å². The third-order valence-electron chi connectivity index (χ3n) is 3.21. The van der Waals surface area contributed by atoms with E-state index in [0.29, 0.717) is 5.69 Å². The van der Waals surface area contributed by atoms with Gasteiger partial charge in [0.15, 0.2) is 0 Å². The number of hydrogen-bond acceptors (Lipinski definition) is 3. The maximum Gasteiger partial charge on any atom is 0.407 e. The summed E-state index contributed by atoms with van der Waals surface area (Å²) in [5.41, 5.74) is 9.34. The van der Waals surface area contributed by atoms with Gasteiger partial charge >= 0.3 is 6.09 Å². The highest BCUT2D eigenvalue weighted by atomic mass is 16.6. The van der Waals surface area contributed by atoms with Gasteiger partial charge in [-0.3, -0.25) is 0 Å². The number of ether oxygens (including phenoxy) is 1. The summed E-state index contributed by atoms with van der Waals surface area (Å²) in [6.45, 7) is 9.75. The fourth-order valence-corrected chi connectivity index (χ4v) is 2.15. The van der Waals surface area contributed by atoms with Crippen LogP contribution < -0.4 is 11.1 Å². The molecule has 1 aromatic rings. The summed E-state index contributed by atoms with van der Waals surface area (Å²) in [6.07, 6.45) is 0.377. The second-order valence-corrected chi connectivity index (χ2v) is 6.21. The van der Waals surface area contributed by atoms with Gasteiger partial charge in [-0.25, -0.2) is 4.79 Å². The van der Waals surface area contributed by atoms with Crippen LogP contribution in [-0.2, 0) is 11.2 Å². The van der Waals surface area contributed by atoms with Crippen molar-refractivity contribution in [3.05, 3.63) is 28.8 Å². The number of nitrogens with one attached hydrogen (secondary N) is 1. The molecule has 0 saturated carbocycles. The number of carbonyl (C=O) groups excluding carboxylic acids is 1. The summed E-state index contributed by atoms with van der Waals surface area (Å²) in [4.78, 5) is 11.7. The number of benzene rings is 1. The van der Waals surface area contributed by atoms with Crippen LogP contribution in [0.5, 0.6) is 0 Å². The summed E-state index contributed by atoms with van der Waals surface area (Å²) in [6, 6.07) is 4.03. The van der Waals surface area contributed by atoms with E-state index >= 15 is 0 Å². The van der Waals surface area contributed by atoms with E-state index in [9.17, 15) is 4.79 Å². The predicted octanol–water partition coefficient (Wildman–Crippen LogP) is 2.87. The zero-order chi connectivity index (χ0) is 16.2. The largest absolute Gasteiger partial charge is 0.444 e. The second-order valence-electron chi connectivity index (χ2n) is 6.21. The Morgan fingerprint density at radius 3 is 2.57 bits per heavy atom. The van der Waals surface area contributed by atoms with Gasteiger partial charge in [0.25, 0.3) is 0 Å². The number of rotatable bonds is 4. The third-order valence-corrected chi connectivity index (χ3v) is 3.21. The molecule has 0 bridgehead atoms. The van der Waals surface area contributed by atoms with Crippen LogP contribution in [0.25, 0.3) is 0 Å². The summed E-state index contributed by atoms with van der Waals surface area (Å²) in [7, 11) is 6.20. The molecule has 1 rings (SSSR count). The molecule has 5 heteroatoms. The van der Waals surface area contributed by atoms with E-state index < -0.39 is 11.7 Å². The standard InChI is InChI=1S/C16H25BN2O2/c1-6-11-8-7-10(2)14(18)13(11)12(17)9-19-15(20)21-16(3,4)5/h7-8,12H,6,9,18H2,1-5H3,(H,19,20). The molecule has 0 aromatic heterocycles. The van der Waals surface area contributed by atoms with Crippen molar-refractivity contribution in [2.75, 3.05) is 12.3 Å². The Kier molecular flexibility index (Phi) is 5.70. The molecule has 1 unspecified atom stereocenters. The Balaban J connectivity index is 2.79. The topological polar surface area (TPSA) is 64.3 Å². The molecular weight excluding hydrogens is 263 g/mol. The fourth-order valence-electron chi connectivity index (χ4n) is 2.15. The first-order valence-electron chi connectivity index (χ1n) is 7.26. The Hall–Kier alpha value is -1.65. The summed E-state index contributed by atoms with van der Waals surface area (Å²) < 4.78 is 5.20. The maximum atomic E-state index is 11.7. The lowest BCUT2D eigenvalue weighted by Crippen LogP contribution is -2.35. The molecule has 0 aliphatic heterocycles. The van der Waals surface area contributed by atoms with Crippen molar-refractivity contribution in [1.82, 2.24) is 5.32 Å². The lowest BCUT2D eigenvalue weighted by molar-refractivity contribution is 0.0527. The molecule has 114 valence electrons. The van der Waals surface area contributed by atoms with Gasteiger partial charge in [0.05, 0.1) is 7.85 Å². The van der Waals surface area contributed by atoms with Crippen LogP contribution in [0, 0.1) is 6.92 Å². The van der Waals surface area contributed by atoms with Crippen LogP contribution in [0.4, 0.5) is 10.5 Å². The average molecular weight is 288 g/mol. The quantitative estimate of drug-likeness (QED) is 0.661. The molecule has 0 heterocycles. The minimum absolute atomic E-state index is 0.287.